The van der Waals surface area contributed by atoms with E-state index < -0.39 is 0 Å². The summed E-state index contributed by atoms with van der Waals surface area (Å²) in [7, 11) is 0. The Morgan fingerprint density at radius 2 is 1.61 bits per heavy atom. The molecule has 0 spiro atoms. The molecule has 0 saturated heterocycles. The van der Waals surface area contributed by atoms with Gasteiger partial charge < -0.3 is 4.98 Å². The standard InChI is InChI=1S/C16H16N2/c1-10-8-12(3)13(9-11(10)2)16-17-14-6-4-5-7-15(14)18-16/h4-9H,1-3H3,(H,17,18). The van der Waals surface area contributed by atoms with Crippen molar-refractivity contribution in [1.29, 1.82) is 0 Å². The number of hydrogen-bond donors (Lipinski definition) is 1. The van der Waals surface area contributed by atoms with E-state index in [0.29, 0.717) is 0 Å². The van der Waals surface area contributed by atoms with Crippen molar-refractivity contribution in [2.45, 2.75) is 20.8 Å². The largest absolute Gasteiger partial charge is 0.338 e. The van der Waals surface area contributed by atoms with Gasteiger partial charge in [-0.3, -0.25) is 0 Å². The molecule has 0 atom stereocenters. The van der Waals surface area contributed by atoms with E-state index in [1.807, 2.05) is 18.2 Å². The van der Waals surface area contributed by atoms with Crippen molar-refractivity contribution in [3.8, 4) is 11.4 Å². The lowest BCUT2D eigenvalue weighted by atomic mass is 10.0. The number of nitrogens with zero attached hydrogens (tertiary/aromatic N) is 1. The fourth-order valence-corrected chi connectivity index (χ4v) is 2.30. The highest BCUT2D eigenvalue weighted by Gasteiger charge is 2.08. The summed E-state index contributed by atoms with van der Waals surface area (Å²) >= 11 is 0. The van der Waals surface area contributed by atoms with Gasteiger partial charge in [-0.05, 0) is 55.7 Å². The van der Waals surface area contributed by atoms with Crippen molar-refractivity contribution < 1.29 is 0 Å². The first kappa shape index (κ1) is 11.0. The van der Waals surface area contributed by atoms with E-state index in [4.69, 9.17) is 0 Å². The minimum atomic E-state index is 0.955. The number of rotatable bonds is 1. The number of aromatic amines is 1. The van der Waals surface area contributed by atoms with Crippen molar-refractivity contribution >= 4 is 11.0 Å². The summed E-state index contributed by atoms with van der Waals surface area (Å²) in [5.41, 5.74) is 7.19. The molecule has 0 fully saturated rings. The van der Waals surface area contributed by atoms with E-state index in [1.165, 1.54) is 22.3 Å². The number of imidazole rings is 1. The van der Waals surface area contributed by atoms with Crippen molar-refractivity contribution in [2.75, 3.05) is 0 Å². The molecular formula is C16H16N2. The number of hydrogen-bond acceptors (Lipinski definition) is 1. The van der Waals surface area contributed by atoms with Gasteiger partial charge in [0.1, 0.15) is 5.82 Å². The molecule has 0 bridgehead atoms. The first-order valence-corrected chi connectivity index (χ1v) is 6.18. The maximum Gasteiger partial charge on any atom is 0.138 e. The molecule has 0 aliphatic carbocycles. The molecule has 0 unspecified atom stereocenters. The second-order valence-electron chi connectivity index (χ2n) is 4.85. The molecule has 0 aliphatic rings. The van der Waals surface area contributed by atoms with E-state index in [1.54, 1.807) is 0 Å². The monoisotopic (exact) mass is 236 g/mol. The average Bonchev–Trinajstić information content (AvgIpc) is 2.77. The van der Waals surface area contributed by atoms with Crippen LogP contribution >= 0.6 is 0 Å². The number of aryl methyl sites for hydroxylation is 3. The van der Waals surface area contributed by atoms with Crippen molar-refractivity contribution in [2.24, 2.45) is 0 Å². The van der Waals surface area contributed by atoms with Gasteiger partial charge in [0.2, 0.25) is 0 Å². The maximum atomic E-state index is 4.66. The van der Waals surface area contributed by atoms with Crippen molar-refractivity contribution in [1.82, 2.24) is 9.97 Å². The zero-order valence-electron chi connectivity index (χ0n) is 10.9. The maximum absolute atomic E-state index is 4.66. The van der Waals surface area contributed by atoms with Gasteiger partial charge in [0.25, 0.3) is 0 Å². The van der Waals surface area contributed by atoms with Crippen molar-refractivity contribution in [3.05, 3.63) is 53.1 Å². The third kappa shape index (κ3) is 1.70. The lowest BCUT2D eigenvalue weighted by Gasteiger charge is -2.07. The molecule has 2 nitrogen and oxygen atoms in total. The van der Waals surface area contributed by atoms with Crippen LogP contribution in [0.4, 0.5) is 0 Å². The van der Waals surface area contributed by atoms with Crippen LogP contribution < -0.4 is 0 Å². The lowest BCUT2D eigenvalue weighted by Crippen LogP contribution is -1.90. The molecule has 90 valence electrons. The summed E-state index contributed by atoms with van der Waals surface area (Å²) in [5, 5.41) is 0. The Morgan fingerprint density at radius 3 is 2.39 bits per heavy atom. The Labute approximate surface area is 107 Å². The molecule has 3 aromatic rings. The summed E-state index contributed by atoms with van der Waals surface area (Å²) in [6.45, 7) is 6.42. The number of benzene rings is 2. The number of H-pyrrole nitrogens is 1. The number of fused-ring (bicyclic) bond motifs is 1. The topological polar surface area (TPSA) is 28.7 Å². The SMILES string of the molecule is Cc1cc(C)c(-c2nc3ccccc3[nH]2)cc1C. The Hall–Kier alpha value is -2.09. The van der Waals surface area contributed by atoms with Gasteiger partial charge in [0.05, 0.1) is 11.0 Å². The quantitative estimate of drug-likeness (QED) is 0.675. The molecule has 0 amide bonds. The molecule has 0 aliphatic heterocycles. The highest BCUT2D eigenvalue weighted by Crippen LogP contribution is 2.26. The minimum Gasteiger partial charge on any atom is -0.338 e. The predicted octanol–water partition coefficient (Wildman–Crippen LogP) is 4.16. The molecule has 18 heavy (non-hydrogen) atoms. The fourth-order valence-electron chi connectivity index (χ4n) is 2.30. The van der Waals surface area contributed by atoms with Gasteiger partial charge in [-0.25, -0.2) is 4.98 Å². The van der Waals surface area contributed by atoms with Gasteiger partial charge in [0.15, 0.2) is 0 Å². The van der Waals surface area contributed by atoms with E-state index in [9.17, 15) is 0 Å². The normalized spacial score (nSPS) is 11.1. The third-order valence-corrected chi connectivity index (χ3v) is 3.49. The molecule has 1 heterocycles. The molecule has 0 saturated carbocycles. The molecule has 0 radical (unpaired) electrons. The van der Waals surface area contributed by atoms with E-state index in [2.05, 4.69) is 48.9 Å². The first-order valence-electron chi connectivity index (χ1n) is 6.18. The zero-order chi connectivity index (χ0) is 12.7. The number of aromatic nitrogens is 2. The molecule has 1 aromatic heterocycles. The fraction of sp³-hybridized carbons (Fsp3) is 0.188. The van der Waals surface area contributed by atoms with E-state index in [-0.39, 0.29) is 0 Å². The first-order chi connectivity index (χ1) is 8.65. The predicted molar refractivity (Wildman–Crippen MR) is 75.7 cm³/mol. The summed E-state index contributed by atoms with van der Waals surface area (Å²) in [4.78, 5) is 8.05. The van der Waals surface area contributed by atoms with Crippen LogP contribution in [0.3, 0.4) is 0 Å². The zero-order valence-corrected chi connectivity index (χ0v) is 10.9. The second-order valence-corrected chi connectivity index (χ2v) is 4.85. The Morgan fingerprint density at radius 1 is 0.889 bits per heavy atom. The highest BCUT2D eigenvalue weighted by atomic mass is 14.9. The van der Waals surface area contributed by atoms with Gasteiger partial charge in [-0.1, -0.05) is 18.2 Å². The Balaban J connectivity index is 2.22. The molecule has 3 rings (SSSR count). The Bertz CT molecular complexity index is 690. The summed E-state index contributed by atoms with van der Waals surface area (Å²) in [5.74, 6) is 0.955. The minimum absolute atomic E-state index is 0.955. The third-order valence-electron chi connectivity index (χ3n) is 3.49. The van der Waals surface area contributed by atoms with Crippen LogP contribution in [0.1, 0.15) is 16.7 Å². The van der Waals surface area contributed by atoms with Gasteiger partial charge in [0, 0.05) is 5.56 Å². The Kier molecular flexibility index (Phi) is 2.44. The van der Waals surface area contributed by atoms with Crippen LogP contribution in [0.25, 0.3) is 22.4 Å². The summed E-state index contributed by atoms with van der Waals surface area (Å²) in [6.07, 6.45) is 0. The summed E-state index contributed by atoms with van der Waals surface area (Å²) in [6, 6.07) is 12.6. The van der Waals surface area contributed by atoms with Crippen LogP contribution in [-0.4, -0.2) is 9.97 Å². The molecule has 2 aromatic carbocycles. The van der Waals surface area contributed by atoms with E-state index in [0.717, 1.165) is 16.9 Å². The van der Waals surface area contributed by atoms with Gasteiger partial charge in [-0.15, -0.1) is 0 Å². The summed E-state index contributed by atoms with van der Waals surface area (Å²) < 4.78 is 0. The average molecular weight is 236 g/mol. The van der Waals surface area contributed by atoms with Crippen LogP contribution in [0, 0.1) is 20.8 Å². The van der Waals surface area contributed by atoms with Crippen LogP contribution in [0.5, 0.6) is 0 Å². The van der Waals surface area contributed by atoms with Gasteiger partial charge in [-0.2, -0.15) is 0 Å². The second kappa shape index (κ2) is 3.98. The van der Waals surface area contributed by atoms with Crippen LogP contribution in [-0.2, 0) is 0 Å². The van der Waals surface area contributed by atoms with Crippen LogP contribution in [0.2, 0.25) is 0 Å². The number of para-hydroxylation sites is 2. The van der Waals surface area contributed by atoms with Crippen molar-refractivity contribution in [3.63, 3.8) is 0 Å². The number of nitrogens with one attached hydrogen (secondary N) is 1. The van der Waals surface area contributed by atoms with E-state index >= 15 is 0 Å². The van der Waals surface area contributed by atoms with Gasteiger partial charge >= 0.3 is 0 Å². The molecular weight excluding hydrogens is 220 g/mol. The lowest BCUT2D eigenvalue weighted by molar-refractivity contribution is 1.26. The molecule has 2 heteroatoms. The van der Waals surface area contributed by atoms with Crippen LogP contribution in [0.15, 0.2) is 36.4 Å². The smallest absolute Gasteiger partial charge is 0.138 e. The highest BCUT2D eigenvalue weighted by molar-refractivity contribution is 5.80. The molecule has 1 N–H and O–H groups in total.